The Morgan fingerprint density at radius 3 is 2.24 bits per heavy atom. The lowest BCUT2D eigenvalue weighted by molar-refractivity contribution is -0.128. The van der Waals surface area contributed by atoms with E-state index in [2.05, 4.69) is 29.5 Å². The molecule has 0 radical (unpaired) electrons. The van der Waals surface area contributed by atoms with Gasteiger partial charge in [0.25, 0.3) is 0 Å². The van der Waals surface area contributed by atoms with Crippen LogP contribution in [-0.4, -0.2) is 51.0 Å². The van der Waals surface area contributed by atoms with E-state index in [0.717, 1.165) is 24.8 Å². The first-order valence-electron chi connectivity index (χ1n) is 8.12. The van der Waals surface area contributed by atoms with Crippen LogP contribution >= 0.6 is 0 Å². The van der Waals surface area contributed by atoms with E-state index in [0.29, 0.717) is 13.0 Å². The molecule has 0 aliphatic heterocycles. The zero-order valence-corrected chi connectivity index (χ0v) is 14.5. The highest BCUT2D eigenvalue weighted by molar-refractivity contribution is 5.81. The molecule has 0 aliphatic rings. The van der Waals surface area contributed by atoms with Crippen molar-refractivity contribution in [3.8, 4) is 0 Å². The molecule has 0 atom stereocenters. The van der Waals surface area contributed by atoms with Crippen LogP contribution in [0.5, 0.6) is 0 Å². The van der Waals surface area contributed by atoms with E-state index in [-0.39, 0.29) is 5.91 Å². The molecule has 0 rings (SSSR count). The van der Waals surface area contributed by atoms with Crippen molar-refractivity contribution in [2.24, 2.45) is 10.9 Å². The van der Waals surface area contributed by atoms with Crippen molar-refractivity contribution in [1.29, 1.82) is 0 Å². The molecule has 5 heteroatoms. The second-order valence-electron chi connectivity index (χ2n) is 6.06. The van der Waals surface area contributed by atoms with Gasteiger partial charge in [0, 0.05) is 40.7 Å². The third-order valence-electron chi connectivity index (χ3n) is 3.35. The smallest absolute Gasteiger partial charge is 0.223 e. The SMILES string of the molecule is CN=C(NCCCCCCC(C)C)NCCC(=O)N(C)C. The Morgan fingerprint density at radius 1 is 1.05 bits per heavy atom. The number of nitrogens with one attached hydrogen (secondary N) is 2. The van der Waals surface area contributed by atoms with Gasteiger partial charge < -0.3 is 15.5 Å². The first-order valence-corrected chi connectivity index (χ1v) is 8.12. The minimum Gasteiger partial charge on any atom is -0.356 e. The molecule has 2 N–H and O–H groups in total. The van der Waals surface area contributed by atoms with Crippen LogP contribution in [0.2, 0.25) is 0 Å². The Bertz CT molecular complexity index is 301. The first kappa shape index (κ1) is 19.7. The van der Waals surface area contributed by atoms with Gasteiger partial charge in [-0.2, -0.15) is 0 Å². The molecule has 0 bridgehead atoms. The normalized spacial score (nSPS) is 11.6. The Morgan fingerprint density at radius 2 is 1.67 bits per heavy atom. The molecule has 21 heavy (non-hydrogen) atoms. The third-order valence-corrected chi connectivity index (χ3v) is 3.35. The summed E-state index contributed by atoms with van der Waals surface area (Å²) < 4.78 is 0. The van der Waals surface area contributed by atoms with Crippen LogP contribution in [0.1, 0.15) is 52.4 Å². The second-order valence-corrected chi connectivity index (χ2v) is 6.06. The topological polar surface area (TPSA) is 56.7 Å². The highest BCUT2D eigenvalue weighted by Crippen LogP contribution is 2.08. The van der Waals surface area contributed by atoms with Gasteiger partial charge in [-0.05, 0) is 12.3 Å². The van der Waals surface area contributed by atoms with E-state index >= 15 is 0 Å². The summed E-state index contributed by atoms with van der Waals surface area (Å²) in [6.45, 7) is 6.10. The molecule has 1 amide bonds. The van der Waals surface area contributed by atoms with Crippen LogP contribution < -0.4 is 10.6 Å². The van der Waals surface area contributed by atoms with Crippen LogP contribution in [0.15, 0.2) is 4.99 Å². The summed E-state index contributed by atoms with van der Waals surface area (Å²) >= 11 is 0. The second kappa shape index (κ2) is 12.5. The van der Waals surface area contributed by atoms with E-state index in [4.69, 9.17) is 0 Å². The van der Waals surface area contributed by atoms with Crippen molar-refractivity contribution >= 4 is 11.9 Å². The molecule has 0 saturated carbocycles. The summed E-state index contributed by atoms with van der Waals surface area (Å²) in [6.07, 6.45) is 6.88. The van der Waals surface area contributed by atoms with Crippen molar-refractivity contribution in [2.45, 2.75) is 52.4 Å². The number of hydrogen-bond acceptors (Lipinski definition) is 2. The molecular weight excluding hydrogens is 264 g/mol. The molecule has 0 heterocycles. The summed E-state index contributed by atoms with van der Waals surface area (Å²) in [5.41, 5.74) is 0. The number of carbonyl (C=O) groups excluding carboxylic acids is 1. The Balaban J connectivity index is 3.56. The van der Waals surface area contributed by atoms with E-state index in [1.165, 1.54) is 25.7 Å². The van der Waals surface area contributed by atoms with Crippen LogP contribution in [0, 0.1) is 5.92 Å². The van der Waals surface area contributed by atoms with E-state index in [1.807, 2.05) is 0 Å². The number of unbranched alkanes of at least 4 members (excludes halogenated alkanes) is 3. The Hall–Kier alpha value is -1.26. The molecule has 0 aromatic heterocycles. The molecular formula is C16H34N4O. The standard InChI is InChI=1S/C16H34N4O/c1-14(2)10-8-6-7-9-12-18-16(17-3)19-13-11-15(21)20(4)5/h14H,6-13H2,1-5H3,(H2,17,18,19). The van der Waals surface area contributed by atoms with E-state index in [9.17, 15) is 4.79 Å². The number of carbonyl (C=O) groups is 1. The van der Waals surface area contributed by atoms with Crippen molar-refractivity contribution < 1.29 is 4.79 Å². The maximum absolute atomic E-state index is 11.4. The Labute approximate surface area is 130 Å². The summed E-state index contributed by atoms with van der Waals surface area (Å²) in [6, 6.07) is 0. The molecule has 0 unspecified atom stereocenters. The summed E-state index contributed by atoms with van der Waals surface area (Å²) in [5.74, 6) is 1.72. The predicted octanol–water partition coefficient (Wildman–Crippen LogP) is 2.24. The molecule has 124 valence electrons. The van der Waals surface area contributed by atoms with Gasteiger partial charge in [0.05, 0.1) is 0 Å². The minimum atomic E-state index is 0.128. The van der Waals surface area contributed by atoms with Gasteiger partial charge in [-0.25, -0.2) is 0 Å². The van der Waals surface area contributed by atoms with Crippen LogP contribution in [0.3, 0.4) is 0 Å². The molecule has 0 fully saturated rings. The summed E-state index contributed by atoms with van der Waals surface area (Å²) in [5, 5.41) is 6.45. The molecule has 0 aromatic rings. The zero-order chi connectivity index (χ0) is 16.1. The fraction of sp³-hybridized carbons (Fsp3) is 0.875. The van der Waals surface area contributed by atoms with Crippen molar-refractivity contribution in [2.75, 3.05) is 34.2 Å². The number of nitrogens with zero attached hydrogens (tertiary/aromatic N) is 2. The number of rotatable bonds is 10. The predicted molar refractivity (Wildman–Crippen MR) is 90.6 cm³/mol. The molecule has 5 nitrogen and oxygen atoms in total. The maximum Gasteiger partial charge on any atom is 0.223 e. The third kappa shape index (κ3) is 12.2. The number of hydrogen-bond donors (Lipinski definition) is 2. The first-order chi connectivity index (χ1) is 9.97. The lowest BCUT2D eigenvalue weighted by atomic mass is 10.0. The van der Waals surface area contributed by atoms with Gasteiger partial charge in [0.2, 0.25) is 5.91 Å². The number of guanidine groups is 1. The fourth-order valence-electron chi connectivity index (χ4n) is 1.97. The highest BCUT2D eigenvalue weighted by atomic mass is 16.2. The monoisotopic (exact) mass is 298 g/mol. The Kier molecular flexibility index (Phi) is 11.7. The van der Waals surface area contributed by atoms with Gasteiger partial charge in [-0.15, -0.1) is 0 Å². The van der Waals surface area contributed by atoms with Gasteiger partial charge in [0.1, 0.15) is 0 Å². The van der Waals surface area contributed by atoms with E-state index < -0.39 is 0 Å². The zero-order valence-electron chi connectivity index (χ0n) is 14.5. The average Bonchev–Trinajstić information content (AvgIpc) is 2.43. The number of aliphatic imine (C=N–C) groups is 1. The van der Waals surface area contributed by atoms with Crippen molar-refractivity contribution in [3.05, 3.63) is 0 Å². The maximum atomic E-state index is 11.4. The average molecular weight is 298 g/mol. The van der Waals surface area contributed by atoms with E-state index in [1.54, 1.807) is 26.0 Å². The molecule has 0 spiro atoms. The van der Waals surface area contributed by atoms with Gasteiger partial charge >= 0.3 is 0 Å². The lowest BCUT2D eigenvalue weighted by Crippen LogP contribution is -2.39. The molecule has 0 aromatic carbocycles. The molecule has 0 aliphatic carbocycles. The van der Waals surface area contributed by atoms with Crippen molar-refractivity contribution in [3.63, 3.8) is 0 Å². The van der Waals surface area contributed by atoms with Crippen molar-refractivity contribution in [1.82, 2.24) is 15.5 Å². The quantitative estimate of drug-likeness (QED) is 0.369. The molecule has 0 saturated heterocycles. The fourth-order valence-corrected chi connectivity index (χ4v) is 1.97. The van der Waals surface area contributed by atoms with Gasteiger partial charge in [0.15, 0.2) is 5.96 Å². The highest BCUT2D eigenvalue weighted by Gasteiger charge is 2.04. The number of amides is 1. The lowest BCUT2D eigenvalue weighted by Gasteiger charge is -2.13. The van der Waals surface area contributed by atoms with Gasteiger partial charge in [-0.1, -0.05) is 39.5 Å². The van der Waals surface area contributed by atoms with Crippen LogP contribution in [0.4, 0.5) is 0 Å². The largest absolute Gasteiger partial charge is 0.356 e. The van der Waals surface area contributed by atoms with Gasteiger partial charge in [-0.3, -0.25) is 9.79 Å². The van der Waals surface area contributed by atoms with Crippen LogP contribution in [0.25, 0.3) is 0 Å². The summed E-state index contributed by atoms with van der Waals surface area (Å²) in [7, 11) is 5.30. The summed E-state index contributed by atoms with van der Waals surface area (Å²) in [4.78, 5) is 17.2. The minimum absolute atomic E-state index is 0.128. The van der Waals surface area contributed by atoms with Crippen LogP contribution in [-0.2, 0) is 4.79 Å².